The Morgan fingerprint density at radius 2 is 1.25 bits per heavy atom. The van der Waals surface area contributed by atoms with Crippen molar-refractivity contribution >= 4 is 5.57 Å². The van der Waals surface area contributed by atoms with Crippen molar-refractivity contribution in [3.63, 3.8) is 0 Å². The van der Waals surface area contributed by atoms with Crippen LogP contribution in [0.2, 0.25) is 0 Å². The number of hydrogen-bond acceptors (Lipinski definition) is 0. The van der Waals surface area contributed by atoms with Crippen LogP contribution in [0.3, 0.4) is 0 Å². The highest BCUT2D eigenvalue weighted by molar-refractivity contribution is 5.64. The molecule has 0 amide bonds. The molecule has 0 unspecified atom stereocenters. The summed E-state index contributed by atoms with van der Waals surface area (Å²) in [6, 6.07) is 32.1. The summed E-state index contributed by atoms with van der Waals surface area (Å²) in [5.74, 6) is 0.499. The molecule has 0 aliphatic rings. The molecule has 0 heteroatoms. The third kappa shape index (κ3) is 4.45. The zero-order valence-electron chi connectivity index (χ0n) is 14.1. The van der Waals surface area contributed by atoms with E-state index in [4.69, 9.17) is 0 Å². The van der Waals surface area contributed by atoms with Gasteiger partial charge in [0, 0.05) is 0 Å². The summed E-state index contributed by atoms with van der Waals surface area (Å²) in [6.07, 6.45) is 3.24. The zero-order valence-corrected chi connectivity index (χ0v) is 14.1. The number of rotatable bonds is 7. The number of benzene rings is 3. The van der Waals surface area contributed by atoms with E-state index in [0.717, 1.165) is 19.3 Å². The largest absolute Gasteiger partial charge is 0.0952 e. The van der Waals surface area contributed by atoms with Gasteiger partial charge in [-0.25, -0.2) is 0 Å². The Bertz CT molecular complexity index is 742. The normalized spacial score (nSPS) is 11.8. The van der Waals surface area contributed by atoms with Crippen LogP contribution >= 0.6 is 0 Å². The summed E-state index contributed by atoms with van der Waals surface area (Å²) >= 11 is 0. The first-order valence-corrected chi connectivity index (χ1v) is 8.65. The van der Waals surface area contributed by atoms with Crippen molar-refractivity contribution in [3.8, 4) is 0 Å². The minimum absolute atomic E-state index is 0.499. The van der Waals surface area contributed by atoms with Gasteiger partial charge in [-0.3, -0.25) is 0 Å². The predicted octanol–water partition coefficient (Wildman–Crippen LogP) is 6.51. The highest BCUT2D eigenvalue weighted by Gasteiger charge is 2.14. The topological polar surface area (TPSA) is 0 Å². The molecule has 120 valence electrons. The molecule has 0 radical (unpaired) electrons. The molecule has 3 aromatic rings. The molecule has 0 saturated heterocycles. The summed E-state index contributed by atoms with van der Waals surface area (Å²) in [7, 11) is 0. The minimum Gasteiger partial charge on any atom is -0.0952 e. The Labute approximate surface area is 145 Å². The second-order valence-corrected chi connectivity index (χ2v) is 6.31. The van der Waals surface area contributed by atoms with E-state index < -0.39 is 0 Å². The monoisotopic (exact) mass is 312 g/mol. The van der Waals surface area contributed by atoms with Crippen LogP contribution in [0.5, 0.6) is 0 Å². The molecule has 3 aromatic carbocycles. The predicted molar refractivity (Wildman–Crippen MR) is 104 cm³/mol. The Kier molecular flexibility index (Phi) is 5.63. The maximum Gasteiger partial charge on any atom is -0.0118 e. The summed E-state index contributed by atoms with van der Waals surface area (Å²) in [5, 5.41) is 0. The molecule has 0 nitrogen and oxygen atoms in total. The fourth-order valence-corrected chi connectivity index (χ4v) is 3.19. The summed E-state index contributed by atoms with van der Waals surface area (Å²) in [4.78, 5) is 0. The van der Waals surface area contributed by atoms with Crippen LogP contribution in [0.25, 0.3) is 5.57 Å². The molecule has 0 saturated carbocycles. The number of allylic oxidation sites excluding steroid dienone is 1. The van der Waals surface area contributed by atoms with Gasteiger partial charge in [0.2, 0.25) is 0 Å². The van der Waals surface area contributed by atoms with Crippen LogP contribution in [0.4, 0.5) is 0 Å². The molecule has 1 atom stereocenters. The van der Waals surface area contributed by atoms with Gasteiger partial charge in [0.05, 0.1) is 0 Å². The summed E-state index contributed by atoms with van der Waals surface area (Å²) < 4.78 is 0. The maximum absolute atomic E-state index is 4.35. The average Bonchev–Trinajstić information content (AvgIpc) is 2.67. The second-order valence-electron chi connectivity index (χ2n) is 6.31. The first kappa shape index (κ1) is 16.3. The van der Waals surface area contributed by atoms with Gasteiger partial charge in [-0.15, -0.1) is 0 Å². The molecule has 0 fully saturated rings. The van der Waals surface area contributed by atoms with Crippen LogP contribution < -0.4 is 0 Å². The average molecular weight is 312 g/mol. The van der Waals surface area contributed by atoms with E-state index in [-0.39, 0.29) is 0 Å². The molecular weight excluding hydrogens is 288 g/mol. The van der Waals surface area contributed by atoms with Crippen molar-refractivity contribution in [2.75, 3.05) is 0 Å². The lowest BCUT2D eigenvalue weighted by atomic mass is 9.85. The van der Waals surface area contributed by atoms with Crippen LogP contribution in [0, 0.1) is 0 Å². The van der Waals surface area contributed by atoms with E-state index in [0.29, 0.717) is 5.92 Å². The fourth-order valence-electron chi connectivity index (χ4n) is 3.19. The smallest absolute Gasteiger partial charge is 0.0118 e. The molecule has 0 aromatic heterocycles. The van der Waals surface area contributed by atoms with Crippen molar-refractivity contribution in [2.24, 2.45) is 0 Å². The Hall–Kier alpha value is -2.60. The van der Waals surface area contributed by atoms with E-state index >= 15 is 0 Å². The lowest BCUT2D eigenvalue weighted by Crippen LogP contribution is -2.02. The molecule has 3 rings (SSSR count). The quantitative estimate of drug-likeness (QED) is 0.466. The van der Waals surface area contributed by atoms with Crippen molar-refractivity contribution in [1.82, 2.24) is 0 Å². The van der Waals surface area contributed by atoms with Gasteiger partial charge in [-0.1, -0.05) is 97.6 Å². The standard InChI is InChI=1S/C24H24/c1-20(22-13-7-3-8-14-22)19-24(23-15-9-4-10-16-23)18-17-21-11-5-2-6-12-21/h2-16,24H,1,17-19H2/t24-/m0/s1. The van der Waals surface area contributed by atoms with Crippen molar-refractivity contribution in [3.05, 3.63) is 114 Å². The summed E-state index contributed by atoms with van der Waals surface area (Å²) in [6.45, 7) is 4.35. The molecule has 0 heterocycles. The molecule has 0 aliphatic heterocycles. The molecule has 24 heavy (non-hydrogen) atoms. The zero-order chi connectivity index (χ0) is 16.6. The summed E-state index contributed by atoms with van der Waals surface area (Å²) in [5.41, 5.74) is 5.28. The van der Waals surface area contributed by atoms with Gasteiger partial charge in [0.15, 0.2) is 0 Å². The Morgan fingerprint density at radius 1 is 0.708 bits per heavy atom. The van der Waals surface area contributed by atoms with Gasteiger partial charge in [0.25, 0.3) is 0 Å². The lowest BCUT2D eigenvalue weighted by molar-refractivity contribution is 0.639. The third-order valence-corrected chi connectivity index (χ3v) is 4.57. The van der Waals surface area contributed by atoms with Crippen molar-refractivity contribution in [1.29, 1.82) is 0 Å². The van der Waals surface area contributed by atoms with Crippen LogP contribution in [-0.2, 0) is 6.42 Å². The SMILES string of the molecule is C=C(C[C@H](CCc1ccccc1)c1ccccc1)c1ccccc1. The van der Waals surface area contributed by atoms with Gasteiger partial charge in [-0.2, -0.15) is 0 Å². The first-order valence-electron chi connectivity index (χ1n) is 8.65. The number of hydrogen-bond donors (Lipinski definition) is 0. The van der Waals surface area contributed by atoms with Crippen LogP contribution in [0.1, 0.15) is 35.4 Å². The van der Waals surface area contributed by atoms with E-state index in [1.54, 1.807) is 0 Å². The van der Waals surface area contributed by atoms with Crippen molar-refractivity contribution in [2.45, 2.75) is 25.2 Å². The first-order chi connectivity index (χ1) is 11.8. The molecule has 0 spiro atoms. The molecule has 0 N–H and O–H groups in total. The second kappa shape index (κ2) is 8.31. The van der Waals surface area contributed by atoms with Crippen LogP contribution in [-0.4, -0.2) is 0 Å². The van der Waals surface area contributed by atoms with Crippen LogP contribution in [0.15, 0.2) is 97.6 Å². The highest BCUT2D eigenvalue weighted by atomic mass is 14.2. The molecule has 0 bridgehead atoms. The Balaban J connectivity index is 1.74. The van der Waals surface area contributed by atoms with Gasteiger partial charge >= 0.3 is 0 Å². The van der Waals surface area contributed by atoms with Gasteiger partial charge in [-0.05, 0) is 47.4 Å². The van der Waals surface area contributed by atoms with E-state index in [1.165, 1.54) is 22.3 Å². The van der Waals surface area contributed by atoms with E-state index in [1.807, 2.05) is 0 Å². The minimum atomic E-state index is 0.499. The molecular formula is C24H24. The number of aryl methyl sites for hydroxylation is 1. The highest BCUT2D eigenvalue weighted by Crippen LogP contribution is 2.31. The Morgan fingerprint density at radius 3 is 1.88 bits per heavy atom. The van der Waals surface area contributed by atoms with Gasteiger partial charge in [0.1, 0.15) is 0 Å². The molecule has 0 aliphatic carbocycles. The fraction of sp³-hybridized carbons (Fsp3) is 0.167. The van der Waals surface area contributed by atoms with Gasteiger partial charge < -0.3 is 0 Å². The van der Waals surface area contributed by atoms with E-state index in [9.17, 15) is 0 Å². The van der Waals surface area contributed by atoms with Crippen molar-refractivity contribution < 1.29 is 0 Å². The van der Waals surface area contributed by atoms with E-state index in [2.05, 4.69) is 97.6 Å². The lowest BCUT2D eigenvalue weighted by Gasteiger charge is -2.19. The third-order valence-electron chi connectivity index (χ3n) is 4.57. The maximum atomic E-state index is 4.35.